The third-order valence-electron chi connectivity index (χ3n) is 5.45. The fourth-order valence-electron chi connectivity index (χ4n) is 4.20. The molecule has 3 aromatic rings. The maximum Gasteiger partial charge on any atom is 0.290 e. The summed E-state index contributed by atoms with van der Waals surface area (Å²) < 4.78 is 0. The van der Waals surface area contributed by atoms with Gasteiger partial charge >= 0.3 is 0 Å². The maximum atomic E-state index is 2.34. The molecule has 0 bridgehead atoms. The molecule has 0 radical (unpaired) electrons. The number of anilines is 1. The molecule has 0 saturated heterocycles. The van der Waals surface area contributed by atoms with Crippen LogP contribution in [0, 0.1) is 0 Å². The molecule has 0 aromatic heterocycles. The van der Waals surface area contributed by atoms with Gasteiger partial charge in [0.25, 0.3) is 6.85 Å². The van der Waals surface area contributed by atoms with Crippen molar-refractivity contribution in [2.24, 2.45) is 0 Å². The molecule has 0 unspecified atom stereocenters. The molecule has 2 heterocycles. The van der Waals surface area contributed by atoms with Gasteiger partial charge in [-0.1, -0.05) is 78.8 Å². The van der Waals surface area contributed by atoms with Crippen LogP contribution < -0.4 is 4.81 Å². The highest BCUT2D eigenvalue weighted by Crippen LogP contribution is 2.35. The zero-order valence-electron chi connectivity index (χ0n) is 14.7. The van der Waals surface area contributed by atoms with Gasteiger partial charge in [-0.15, -0.1) is 0 Å². The van der Waals surface area contributed by atoms with Gasteiger partial charge in [0, 0.05) is 5.69 Å². The predicted molar refractivity (Wildman–Crippen MR) is 111 cm³/mol. The molecule has 2 aliphatic heterocycles. The minimum absolute atomic E-state index is 0.558. The Morgan fingerprint density at radius 1 is 0.654 bits per heavy atom. The van der Waals surface area contributed by atoms with Crippen LogP contribution in [0.4, 0.5) is 5.69 Å². The van der Waals surface area contributed by atoms with E-state index < -0.39 is 0 Å². The van der Waals surface area contributed by atoms with Crippen LogP contribution in [0.3, 0.4) is 0 Å². The number of allylic oxidation sites excluding steroid dienone is 2. The third-order valence-corrected chi connectivity index (χ3v) is 5.45. The Labute approximate surface area is 155 Å². The zero-order chi connectivity index (χ0) is 17.3. The summed E-state index contributed by atoms with van der Waals surface area (Å²) in [5.41, 5.74) is 8.58. The molecular formula is C24H20BN. The fourth-order valence-corrected chi connectivity index (χ4v) is 4.20. The summed E-state index contributed by atoms with van der Waals surface area (Å²) in [6.07, 6.45) is 8.64. The van der Waals surface area contributed by atoms with Crippen molar-refractivity contribution >= 4 is 12.5 Å². The summed E-state index contributed by atoms with van der Waals surface area (Å²) in [5.74, 6) is 2.26. The molecule has 0 fully saturated rings. The molecule has 1 nitrogen and oxygen atoms in total. The Morgan fingerprint density at radius 3 is 2.00 bits per heavy atom. The van der Waals surface area contributed by atoms with Crippen LogP contribution in [0.5, 0.6) is 0 Å². The van der Waals surface area contributed by atoms with Gasteiger partial charge in [-0.05, 0) is 58.9 Å². The molecule has 26 heavy (non-hydrogen) atoms. The molecule has 6 rings (SSSR count). The largest absolute Gasteiger partial charge is 0.387 e. The van der Waals surface area contributed by atoms with Crippen molar-refractivity contribution in [2.75, 3.05) is 4.81 Å². The molecule has 0 atom stereocenters. The number of fused-ring (bicyclic) bond motifs is 6. The van der Waals surface area contributed by atoms with Crippen molar-refractivity contribution in [1.29, 1.82) is 0 Å². The Morgan fingerprint density at radius 2 is 1.27 bits per heavy atom. The summed E-state index contributed by atoms with van der Waals surface area (Å²) in [4.78, 5) is 2.34. The molecule has 0 saturated carbocycles. The van der Waals surface area contributed by atoms with Crippen LogP contribution in [0.25, 0.3) is 11.1 Å². The molecule has 0 spiro atoms. The third kappa shape index (κ3) is 2.59. The Hall–Kier alpha value is -3.00. The van der Waals surface area contributed by atoms with Gasteiger partial charge in [0.15, 0.2) is 0 Å². The monoisotopic (exact) mass is 333 g/mol. The van der Waals surface area contributed by atoms with E-state index in [2.05, 4.69) is 102 Å². The van der Waals surface area contributed by atoms with Crippen LogP contribution in [0.2, 0.25) is 0 Å². The van der Waals surface area contributed by atoms with E-state index >= 15 is 0 Å². The smallest absolute Gasteiger partial charge is 0.290 e. The molecule has 1 aliphatic carbocycles. The van der Waals surface area contributed by atoms with E-state index in [0.717, 1.165) is 12.7 Å². The summed E-state index contributed by atoms with van der Waals surface area (Å²) in [5, 5.41) is 0. The van der Waals surface area contributed by atoms with Crippen molar-refractivity contribution in [3.05, 3.63) is 114 Å². The van der Waals surface area contributed by atoms with Gasteiger partial charge in [0.1, 0.15) is 0 Å². The zero-order valence-corrected chi connectivity index (χ0v) is 14.7. The maximum absolute atomic E-state index is 2.34. The van der Waals surface area contributed by atoms with E-state index in [4.69, 9.17) is 0 Å². The highest BCUT2D eigenvalue weighted by atomic mass is 15.1. The molecule has 124 valence electrons. The summed E-state index contributed by atoms with van der Waals surface area (Å²) in [7, 11) is 0. The minimum Gasteiger partial charge on any atom is -0.387 e. The number of hydrogen-bond acceptors (Lipinski definition) is 1. The van der Waals surface area contributed by atoms with Crippen LogP contribution in [-0.2, 0) is 12.7 Å². The quantitative estimate of drug-likeness (QED) is 0.386. The highest BCUT2D eigenvalue weighted by Gasteiger charge is 2.29. The minimum atomic E-state index is 0.558. The van der Waals surface area contributed by atoms with E-state index in [0.29, 0.717) is 6.85 Å². The summed E-state index contributed by atoms with van der Waals surface area (Å²) in [6, 6.07) is 25.9. The van der Waals surface area contributed by atoms with Crippen molar-refractivity contribution in [3.63, 3.8) is 0 Å². The normalized spacial score (nSPS) is 14.9. The number of nitrogens with zero attached hydrogens (tertiary/aromatic N) is 1. The average Bonchev–Trinajstić information content (AvgIpc) is 3.27. The Balaban J connectivity index is 0.000000115. The van der Waals surface area contributed by atoms with Crippen molar-refractivity contribution < 1.29 is 0 Å². The van der Waals surface area contributed by atoms with Gasteiger partial charge in [-0.2, -0.15) is 0 Å². The predicted octanol–water partition coefficient (Wildman–Crippen LogP) is 5.46. The molecule has 3 aromatic carbocycles. The van der Waals surface area contributed by atoms with Crippen molar-refractivity contribution in [2.45, 2.75) is 12.7 Å². The Kier molecular flexibility index (Phi) is 3.75. The summed E-state index contributed by atoms with van der Waals surface area (Å²) in [6.45, 7) is 0.558. The number of rotatable bonds is 0. The second kappa shape index (κ2) is 6.38. The first-order valence-corrected chi connectivity index (χ1v) is 9.27. The average molecular weight is 333 g/mol. The topological polar surface area (TPSA) is 3.24 Å². The number of para-hydroxylation sites is 1. The summed E-state index contributed by atoms with van der Waals surface area (Å²) >= 11 is 0. The SMILES string of the molecule is C1=CB2Cc3ccccc3N2C=C1.c1ccc2c(c1)Cc1ccccc1-2. The van der Waals surface area contributed by atoms with Crippen LogP contribution in [0.1, 0.15) is 16.7 Å². The van der Waals surface area contributed by atoms with Crippen molar-refractivity contribution in [3.8, 4) is 11.1 Å². The van der Waals surface area contributed by atoms with Crippen molar-refractivity contribution in [1.82, 2.24) is 0 Å². The molecule has 0 N–H and O–H groups in total. The van der Waals surface area contributed by atoms with Gasteiger partial charge in [-0.3, -0.25) is 0 Å². The van der Waals surface area contributed by atoms with E-state index in [1.165, 1.54) is 33.5 Å². The van der Waals surface area contributed by atoms with Crippen LogP contribution in [0.15, 0.2) is 97.1 Å². The first-order chi connectivity index (χ1) is 12.9. The lowest BCUT2D eigenvalue weighted by Gasteiger charge is -2.20. The lowest BCUT2D eigenvalue weighted by molar-refractivity contribution is 1.26. The van der Waals surface area contributed by atoms with Gasteiger partial charge in [0.05, 0.1) is 0 Å². The lowest BCUT2D eigenvalue weighted by atomic mass is 9.58. The van der Waals surface area contributed by atoms with Crippen LogP contribution >= 0.6 is 0 Å². The second-order valence-corrected chi connectivity index (χ2v) is 7.02. The first-order valence-electron chi connectivity index (χ1n) is 9.27. The van der Waals surface area contributed by atoms with Gasteiger partial charge in [-0.25, -0.2) is 0 Å². The van der Waals surface area contributed by atoms with E-state index in [1.54, 1.807) is 0 Å². The van der Waals surface area contributed by atoms with E-state index in [-0.39, 0.29) is 0 Å². The first kappa shape index (κ1) is 15.3. The standard InChI is InChI=1S/C13H10.C11H10BN/c1-3-7-12-10(5-1)9-11-6-2-4-8-13(11)12;1-2-6-11-10(5-1)9-12-7-3-4-8-13(11)12/h2*1-8H,9H2. The fraction of sp³-hybridized carbons (Fsp3) is 0.0833. The van der Waals surface area contributed by atoms with Gasteiger partial charge in [0.2, 0.25) is 0 Å². The highest BCUT2D eigenvalue weighted by molar-refractivity contribution is 6.70. The molecule has 0 amide bonds. The van der Waals surface area contributed by atoms with Gasteiger partial charge < -0.3 is 4.81 Å². The van der Waals surface area contributed by atoms with E-state index in [9.17, 15) is 0 Å². The molecule has 2 heteroatoms. The lowest BCUT2D eigenvalue weighted by Crippen LogP contribution is -2.31. The second-order valence-electron chi connectivity index (χ2n) is 7.02. The Bertz CT molecular complexity index is 974. The molecule has 3 aliphatic rings. The number of hydrogen-bond donors (Lipinski definition) is 0. The van der Waals surface area contributed by atoms with Crippen LogP contribution in [-0.4, -0.2) is 6.85 Å². The molecular weight excluding hydrogens is 313 g/mol. The van der Waals surface area contributed by atoms with E-state index in [1.807, 2.05) is 0 Å². The number of benzene rings is 3.